The molecule has 1 aromatic rings. The molecule has 3 nitrogen and oxygen atoms in total. The van der Waals surface area contributed by atoms with Crippen LogP contribution in [-0.2, 0) is 0 Å². The second-order valence-electron chi connectivity index (χ2n) is 6.08. The van der Waals surface area contributed by atoms with Gasteiger partial charge in [0.25, 0.3) is 0 Å². The highest BCUT2D eigenvalue weighted by atomic mass is 15.0. The van der Waals surface area contributed by atoms with Gasteiger partial charge in [-0.2, -0.15) is 0 Å². The molecule has 2 rings (SSSR count). The first kappa shape index (κ1) is 15.4. The average molecular weight is 275 g/mol. The largest absolute Gasteiger partial charge is 0.308 e. The maximum Gasteiger partial charge on any atom is 0.125 e. The average Bonchev–Trinajstić information content (AvgIpc) is 2.48. The molecule has 1 N–H and O–H groups in total. The topological polar surface area (TPSA) is 37.8 Å². The van der Waals surface area contributed by atoms with E-state index in [1.807, 2.05) is 13.1 Å². The van der Waals surface area contributed by atoms with Crippen LogP contribution in [0.15, 0.2) is 12.3 Å². The van der Waals surface area contributed by atoms with Crippen molar-refractivity contribution in [1.82, 2.24) is 15.3 Å². The van der Waals surface area contributed by atoms with Gasteiger partial charge in [-0.3, -0.25) is 0 Å². The van der Waals surface area contributed by atoms with Crippen LogP contribution >= 0.6 is 0 Å². The van der Waals surface area contributed by atoms with Gasteiger partial charge < -0.3 is 5.32 Å². The zero-order chi connectivity index (χ0) is 14.4. The van der Waals surface area contributed by atoms with E-state index in [1.165, 1.54) is 44.2 Å². The highest BCUT2D eigenvalue weighted by Gasteiger charge is 2.32. The Morgan fingerprint density at radius 2 is 2.10 bits per heavy atom. The molecule has 3 unspecified atom stereocenters. The summed E-state index contributed by atoms with van der Waals surface area (Å²) in [4.78, 5) is 8.94. The van der Waals surface area contributed by atoms with E-state index in [0.29, 0.717) is 6.04 Å². The minimum absolute atomic E-state index is 0.405. The number of nitrogens with one attached hydrogen (secondary N) is 1. The van der Waals surface area contributed by atoms with E-state index in [9.17, 15) is 0 Å². The Morgan fingerprint density at radius 3 is 2.80 bits per heavy atom. The van der Waals surface area contributed by atoms with Crippen LogP contribution in [0, 0.1) is 18.8 Å². The Balaban J connectivity index is 2.21. The molecule has 1 heterocycles. The van der Waals surface area contributed by atoms with Crippen molar-refractivity contribution in [3.05, 3.63) is 23.8 Å². The SMILES string of the molecule is CCCNC(c1ccnc(C)n1)C1CCCCC1CC. The van der Waals surface area contributed by atoms with Gasteiger partial charge in [0.05, 0.1) is 11.7 Å². The van der Waals surface area contributed by atoms with Crippen LogP contribution in [0.5, 0.6) is 0 Å². The predicted molar refractivity (Wildman–Crippen MR) is 83.5 cm³/mol. The normalized spacial score (nSPS) is 24.6. The summed E-state index contributed by atoms with van der Waals surface area (Å²) in [5.41, 5.74) is 1.19. The molecule has 0 radical (unpaired) electrons. The third-order valence-electron chi connectivity index (χ3n) is 4.65. The Hall–Kier alpha value is -0.960. The van der Waals surface area contributed by atoms with E-state index in [2.05, 4.69) is 30.2 Å². The molecule has 0 spiro atoms. The second-order valence-corrected chi connectivity index (χ2v) is 6.08. The summed E-state index contributed by atoms with van der Waals surface area (Å²) < 4.78 is 0. The first-order chi connectivity index (χ1) is 9.76. The molecular formula is C17H29N3. The number of aromatic nitrogens is 2. The fourth-order valence-electron chi connectivity index (χ4n) is 3.60. The number of hydrogen-bond donors (Lipinski definition) is 1. The van der Waals surface area contributed by atoms with Crippen molar-refractivity contribution in [2.24, 2.45) is 11.8 Å². The molecule has 0 amide bonds. The zero-order valence-electron chi connectivity index (χ0n) is 13.2. The number of rotatable bonds is 6. The van der Waals surface area contributed by atoms with Crippen molar-refractivity contribution in [3.8, 4) is 0 Å². The molecule has 0 aromatic carbocycles. The van der Waals surface area contributed by atoms with Gasteiger partial charge >= 0.3 is 0 Å². The molecule has 3 heteroatoms. The molecule has 20 heavy (non-hydrogen) atoms. The molecule has 1 aliphatic rings. The van der Waals surface area contributed by atoms with Gasteiger partial charge in [-0.15, -0.1) is 0 Å². The quantitative estimate of drug-likeness (QED) is 0.851. The zero-order valence-corrected chi connectivity index (χ0v) is 13.2. The van der Waals surface area contributed by atoms with E-state index < -0.39 is 0 Å². The molecule has 1 aliphatic carbocycles. The molecule has 0 bridgehead atoms. The number of aryl methyl sites for hydroxylation is 1. The lowest BCUT2D eigenvalue weighted by Crippen LogP contribution is -2.35. The third kappa shape index (κ3) is 3.78. The van der Waals surface area contributed by atoms with E-state index in [-0.39, 0.29) is 0 Å². The van der Waals surface area contributed by atoms with Crippen molar-refractivity contribution < 1.29 is 0 Å². The van der Waals surface area contributed by atoms with Crippen molar-refractivity contribution in [2.75, 3.05) is 6.54 Å². The maximum absolute atomic E-state index is 4.70. The number of nitrogens with zero attached hydrogens (tertiary/aromatic N) is 2. The van der Waals surface area contributed by atoms with Crippen molar-refractivity contribution >= 4 is 0 Å². The Bertz CT molecular complexity index is 405. The van der Waals surface area contributed by atoms with Crippen molar-refractivity contribution in [3.63, 3.8) is 0 Å². The van der Waals surface area contributed by atoms with Gasteiger partial charge in [0, 0.05) is 6.20 Å². The van der Waals surface area contributed by atoms with Crippen LogP contribution in [0.25, 0.3) is 0 Å². The standard InChI is InChI=1S/C17H29N3/c1-4-11-19-17(16-10-12-18-13(3)20-16)15-9-7-6-8-14(15)5-2/h10,12,14-15,17,19H,4-9,11H2,1-3H3. The van der Waals surface area contributed by atoms with Crippen LogP contribution in [0.2, 0.25) is 0 Å². The summed E-state index contributed by atoms with van der Waals surface area (Å²) in [7, 11) is 0. The maximum atomic E-state index is 4.70. The van der Waals surface area contributed by atoms with E-state index in [1.54, 1.807) is 0 Å². The van der Waals surface area contributed by atoms with E-state index >= 15 is 0 Å². The van der Waals surface area contributed by atoms with Crippen molar-refractivity contribution in [1.29, 1.82) is 0 Å². The fourth-order valence-corrected chi connectivity index (χ4v) is 3.60. The molecule has 1 saturated carbocycles. The Kier molecular flexibility index (Phi) is 5.96. The van der Waals surface area contributed by atoms with Gasteiger partial charge in [0.1, 0.15) is 5.82 Å². The molecule has 112 valence electrons. The summed E-state index contributed by atoms with van der Waals surface area (Å²) in [6.07, 6.45) is 9.86. The van der Waals surface area contributed by atoms with Crippen LogP contribution in [-0.4, -0.2) is 16.5 Å². The van der Waals surface area contributed by atoms with Crippen LogP contribution in [0.1, 0.15) is 69.9 Å². The first-order valence-electron chi connectivity index (χ1n) is 8.29. The third-order valence-corrected chi connectivity index (χ3v) is 4.65. The second kappa shape index (κ2) is 7.72. The monoisotopic (exact) mass is 275 g/mol. The Labute approximate surface area is 123 Å². The molecular weight excluding hydrogens is 246 g/mol. The smallest absolute Gasteiger partial charge is 0.125 e. The lowest BCUT2D eigenvalue weighted by molar-refractivity contribution is 0.173. The van der Waals surface area contributed by atoms with Crippen molar-refractivity contribution in [2.45, 2.75) is 65.3 Å². The lowest BCUT2D eigenvalue weighted by Gasteiger charge is -2.37. The molecule has 1 aromatic heterocycles. The van der Waals surface area contributed by atoms with Gasteiger partial charge in [-0.05, 0) is 44.2 Å². The highest BCUT2D eigenvalue weighted by molar-refractivity contribution is 5.10. The highest BCUT2D eigenvalue weighted by Crippen LogP contribution is 2.39. The van der Waals surface area contributed by atoms with E-state index in [0.717, 1.165) is 24.2 Å². The molecule has 0 saturated heterocycles. The Morgan fingerprint density at radius 1 is 1.30 bits per heavy atom. The fraction of sp³-hybridized carbons (Fsp3) is 0.765. The van der Waals surface area contributed by atoms with E-state index in [4.69, 9.17) is 4.98 Å². The van der Waals surface area contributed by atoms with Crippen LogP contribution < -0.4 is 5.32 Å². The van der Waals surface area contributed by atoms with Gasteiger partial charge in [-0.25, -0.2) is 9.97 Å². The summed E-state index contributed by atoms with van der Waals surface area (Å²) in [6, 6.07) is 2.50. The summed E-state index contributed by atoms with van der Waals surface area (Å²) >= 11 is 0. The van der Waals surface area contributed by atoms with Gasteiger partial charge in [0.2, 0.25) is 0 Å². The first-order valence-corrected chi connectivity index (χ1v) is 8.29. The molecule has 1 fully saturated rings. The van der Waals surface area contributed by atoms with Crippen LogP contribution in [0.4, 0.5) is 0 Å². The minimum Gasteiger partial charge on any atom is -0.308 e. The number of hydrogen-bond acceptors (Lipinski definition) is 3. The van der Waals surface area contributed by atoms with Crippen LogP contribution in [0.3, 0.4) is 0 Å². The molecule has 3 atom stereocenters. The summed E-state index contributed by atoms with van der Waals surface area (Å²) in [5.74, 6) is 2.46. The predicted octanol–water partition coefficient (Wildman–Crippen LogP) is 4.04. The van der Waals surface area contributed by atoms with Gasteiger partial charge in [-0.1, -0.05) is 39.5 Å². The summed E-state index contributed by atoms with van der Waals surface area (Å²) in [5, 5.41) is 3.76. The summed E-state index contributed by atoms with van der Waals surface area (Å²) in [6.45, 7) is 7.62. The van der Waals surface area contributed by atoms with Gasteiger partial charge in [0.15, 0.2) is 0 Å². The minimum atomic E-state index is 0.405. The lowest BCUT2D eigenvalue weighted by atomic mass is 9.73. The molecule has 0 aliphatic heterocycles.